The second kappa shape index (κ2) is 8.04. The van der Waals surface area contributed by atoms with Crippen molar-refractivity contribution in [1.29, 1.82) is 0 Å². The zero-order valence-corrected chi connectivity index (χ0v) is 15.3. The number of likely N-dealkylation sites (tertiary alicyclic amines) is 1. The number of alkyl halides is 3. The Hall–Kier alpha value is -2.84. The fourth-order valence-electron chi connectivity index (χ4n) is 3.28. The van der Waals surface area contributed by atoms with Crippen LogP contribution < -0.4 is 5.32 Å². The molecule has 2 atom stereocenters. The monoisotopic (exact) mass is 394 g/mol. The van der Waals surface area contributed by atoms with E-state index >= 15 is 0 Å². The average molecular weight is 394 g/mol. The van der Waals surface area contributed by atoms with Crippen LogP contribution in [-0.4, -0.2) is 38.9 Å². The van der Waals surface area contributed by atoms with Gasteiger partial charge >= 0.3 is 6.18 Å². The highest BCUT2D eigenvalue weighted by Gasteiger charge is 2.35. The number of amides is 2. The van der Waals surface area contributed by atoms with E-state index in [2.05, 4.69) is 10.3 Å². The van der Waals surface area contributed by atoms with Crippen molar-refractivity contribution < 1.29 is 22.8 Å². The Bertz CT molecular complexity index is 836. The molecule has 6 nitrogen and oxygen atoms in total. The van der Waals surface area contributed by atoms with Crippen LogP contribution in [0.5, 0.6) is 0 Å². The van der Waals surface area contributed by atoms with E-state index in [0.717, 1.165) is 12.1 Å². The molecule has 1 aliphatic heterocycles. The summed E-state index contributed by atoms with van der Waals surface area (Å²) in [6.45, 7) is 2.66. The Morgan fingerprint density at radius 3 is 2.86 bits per heavy atom. The first-order chi connectivity index (χ1) is 13.2. The van der Waals surface area contributed by atoms with Gasteiger partial charge in [0.05, 0.1) is 17.8 Å². The number of nitrogens with one attached hydrogen (secondary N) is 1. The van der Waals surface area contributed by atoms with E-state index in [1.54, 1.807) is 24.8 Å². The second-order valence-electron chi connectivity index (χ2n) is 7.04. The van der Waals surface area contributed by atoms with Gasteiger partial charge in [-0.1, -0.05) is 12.1 Å². The van der Waals surface area contributed by atoms with E-state index in [-0.39, 0.29) is 37.4 Å². The molecule has 0 unspecified atom stereocenters. The first-order valence-electron chi connectivity index (χ1n) is 8.92. The van der Waals surface area contributed by atoms with E-state index in [1.807, 2.05) is 11.5 Å². The third-order valence-electron chi connectivity index (χ3n) is 4.65. The molecule has 0 spiro atoms. The summed E-state index contributed by atoms with van der Waals surface area (Å²) >= 11 is 0. The zero-order valence-electron chi connectivity index (χ0n) is 15.3. The van der Waals surface area contributed by atoms with Gasteiger partial charge in [-0.3, -0.25) is 9.59 Å². The van der Waals surface area contributed by atoms with Crippen LogP contribution in [0.15, 0.2) is 43.0 Å². The van der Waals surface area contributed by atoms with E-state index in [1.165, 1.54) is 11.0 Å². The van der Waals surface area contributed by atoms with Gasteiger partial charge in [0.1, 0.15) is 0 Å². The zero-order chi connectivity index (χ0) is 20.3. The molecule has 1 aromatic heterocycles. The molecule has 1 aliphatic rings. The maximum atomic E-state index is 12.8. The summed E-state index contributed by atoms with van der Waals surface area (Å²) in [5.74, 6) is -0.976. The number of halogens is 3. The van der Waals surface area contributed by atoms with Crippen molar-refractivity contribution in [1.82, 2.24) is 19.8 Å². The van der Waals surface area contributed by atoms with Crippen LogP contribution in [0.2, 0.25) is 0 Å². The third kappa shape index (κ3) is 4.90. The Balaban J connectivity index is 1.56. The van der Waals surface area contributed by atoms with Crippen molar-refractivity contribution in [2.24, 2.45) is 5.92 Å². The molecule has 2 heterocycles. The maximum absolute atomic E-state index is 12.8. The van der Waals surface area contributed by atoms with Crippen molar-refractivity contribution in [3.63, 3.8) is 0 Å². The molecular weight excluding hydrogens is 373 g/mol. The van der Waals surface area contributed by atoms with Crippen molar-refractivity contribution in [3.05, 3.63) is 54.1 Å². The number of nitrogens with zero attached hydrogens (tertiary/aromatic N) is 3. The molecule has 9 heteroatoms. The summed E-state index contributed by atoms with van der Waals surface area (Å²) in [5, 5.41) is 2.88. The van der Waals surface area contributed by atoms with Gasteiger partial charge in [-0.2, -0.15) is 13.2 Å². The number of hydrogen-bond donors (Lipinski definition) is 1. The molecule has 1 N–H and O–H groups in total. The van der Waals surface area contributed by atoms with Gasteiger partial charge in [-0.25, -0.2) is 4.98 Å². The molecular formula is C19H21F3N4O2. The molecule has 3 rings (SSSR count). The molecule has 2 aromatic rings. The lowest BCUT2D eigenvalue weighted by atomic mass is 10.1. The van der Waals surface area contributed by atoms with Crippen LogP contribution in [0.3, 0.4) is 0 Å². The lowest BCUT2D eigenvalue weighted by molar-refractivity contribution is -0.137. The summed E-state index contributed by atoms with van der Waals surface area (Å²) in [6.07, 6.45) is 0.717. The molecule has 2 amide bonds. The van der Waals surface area contributed by atoms with Gasteiger partial charge in [-0.15, -0.1) is 0 Å². The highest BCUT2D eigenvalue weighted by molar-refractivity contribution is 5.89. The topological polar surface area (TPSA) is 67.2 Å². The van der Waals surface area contributed by atoms with Crippen LogP contribution >= 0.6 is 0 Å². The fraction of sp³-hybridized carbons (Fsp3) is 0.421. The quantitative estimate of drug-likeness (QED) is 0.819. The standard InChI is InChI=1S/C19H21F3N4O2/c1-13(9-25-6-5-23-12-25)24-18(28)15-8-17(27)26(11-15)10-14-3-2-4-16(7-14)19(20,21)22/h2-7,12-13,15H,8-11H2,1H3,(H,24,28)/t13-,15+/m1/s1. The predicted octanol–water partition coefficient (Wildman–Crippen LogP) is 2.46. The molecule has 0 bridgehead atoms. The lowest BCUT2D eigenvalue weighted by Crippen LogP contribution is -2.40. The van der Waals surface area contributed by atoms with Gasteiger partial charge in [0.25, 0.3) is 0 Å². The van der Waals surface area contributed by atoms with Gasteiger partial charge < -0.3 is 14.8 Å². The molecule has 150 valence electrons. The molecule has 0 aliphatic carbocycles. The molecule has 1 fully saturated rings. The summed E-state index contributed by atoms with van der Waals surface area (Å²) in [5.41, 5.74) is -0.364. The Kier molecular flexibility index (Phi) is 5.71. The Morgan fingerprint density at radius 1 is 1.39 bits per heavy atom. The number of imidazole rings is 1. The SMILES string of the molecule is C[C@H](Cn1ccnc1)NC(=O)[C@H]1CC(=O)N(Cc2cccc(C(F)(F)F)c2)C1. The molecule has 1 aromatic carbocycles. The summed E-state index contributed by atoms with van der Waals surface area (Å²) in [7, 11) is 0. The number of carbonyl (C=O) groups excluding carboxylic acids is 2. The minimum Gasteiger partial charge on any atom is -0.352 e. The van der Waals surface area contributed by atoms with Gasteiger partial charge in [0.2, 0.25) is 11.8 Å². The van der Waals surface area contributed by atoms with Crippen LogP contribution in [0.25, 0.3) is 0 Å². The maximum Gasteiger partial charge on any atom is 0.416 e. The van der Waals surface area contributed by atoms with Crippen LogP contribution in [-0.2, 0) is 28.9 Å². The normalized spacial score (nSPS) is 18.4. The highest BCUT2D eigenvalue weighted by Crippen LogP contribution is 2.30. The second-order valence-corrected chi connectivity index (χ2v) is 7.04. The largest absolute Gasteiger partial charge is 0.416 e. The minimum atomic E-state index is -4.43. The predicted molar refractivity (Wildman–Crippen MR) is 94.8 cm³/mol. The average Bonchev–Trinajstić information content (AvgIpc) is 3.24. The van der Waals surface area contributed by atoms with Gasteiger partial charge in [0, 0.05) is 44.5 Å². The summed E-state index contributed by atoms with van der Waals surface area (Å²) in [6, 6.07) is 4.75. The van der Waals surface area contributed by atoms with Crippen molar-refractivity contribution in [2.45, 2.75) is 38.7 Å². The minimum absolute atomic E-state index is 0.0527. The van der Waals surface area contributed by atoms with Crippen molar-refractivity contribution in [2.75, 3.05) is 6.54 Å². The van der Waals surface area contributed by atoms with Crippen LogP contribution in [0, 0.1) is 5.92 Å². The molecule has 0 radical (unpaired) electrons. The number of aromatic nitrogens is 2. The first-order valence-corrected chi connectivity index (χ1v) is 8.92. The summed E-state index contributed by atoms with van der Waals surface area (Å²) in [4.78, 5) is 30.1. The van der Waals surface area contributed by atoms with Crippen LogP contribution in [0.1, 0.15) is 24.5 Å². The van der Waals surface area contributed by atoms with E-state index in [4.69, 9.17) is 0 Å². The smallest absolute Gasteiger partial charge is 0.352 e. The molecule has 1 saturated heterocycles. The molecule has 0 saturated carbocycles. The number of carbonyl (C=O) groups is 2. The van der Waals surface area contributed by atoms with Crippen molar-refractivity contribution >= 4 is 11.8 Å². The van der Waals surface area contributed by atoms with Gasteiger partial charge in [0.15, 0.2) is 0 Å². The highest BCUT2D eigenvalue weighted by atomic mass is 19.4. The van der Waals surface area contributed by atoms with E-state index < -0.39 is 17.7 Å². The number of rotatable bonds is 6. The van der Waals surface area contributed by atoms with Crippen LogP contribution in [0.4, 0.5) is 13.2 Å². The van der Waals surface area contributed by atoms with E-state index in [0.29, 0.717) is 12.1 Å². The number of hydrogen-bond acceptors (Lipinski definition) is 3. The first kappa shape index (κ1) is 19.9. The Morgan fingerprint density at radius 2 is 2.18 bits per heavy atom. The van der Waals surface area contributed by atoms with E-state index in [9.17, 15) is 22.8 Å². The summed E-state index contributed by atoms with van der Waals surface area (Å²) < 4.78 is 40.4. The van der Waals surface area contributed by atoms with Crippen molar-refractivity contribution in [3.8, 4) is 0 Å². The third-order valence-corrected chi connectivity index (χ3v) is 4.65. The lowest BCUT2D eigenvalue weighted by Gasteiger charge is -2.19. The molecule has 28 heavy (non-hydrogen) atoms. The number of benzene rings is 1. The van der Waals surface area contributed by atoms with Gasteiger partial charge in [-0.05, 0) is 24.6 Å². The fourth-order valence-corrected chi connectivity index (χ4v) is 3.28. The Labute approximate surface area is 160 Å².